The van der Waals surface area contributed by atoms with Gasteiger partial charge in [-0.3, -0.25) is 4.79 Å². The molecular formula is C19H25N3O2. The van der Waals surface area contributed by atoms with Crippen LogP contribution >= 0.6 is 0 Å². The van der Waals surface area contributed by atoms with E-state index in [1.54, 1.807) is 22.7 Å². The van der Waals surface area contributed by atoms with E-state index < -0.39 is 6.10 Å². The number of nitrogens with zero attached hydrogens (tertiary/aromatic N) is 3. The first-order chi connectivity index (χ1) is 11.3. The zero-order valence-corrected chi connectivity index (χ0v) is 14.8. The fourth-order valence-electron chi connectivity index (χ4n) is 3.10. The molecule has 0 radical (unpaired) electrons. The molecule has 1 fully saturated rings. The van der Waals surface area contributed by atoms with Crippen molar-refractivity contribution in [2.45, 2.75) is 39.7 Å². The van der Waals surface area contributed by atoms with Gasteiger partial charge >= 0.3 is 0 Å². The molecule has 1 amide bonds. The number of aromatic nitrogens is 2. The van der Waals surface area contributed by atoms with E-state index in [9.17, 15) is 9.90 Å². The average molecular weight is 327 g/mol. The quantitative estimate of drug-likeness (QED) is 0.918. The molecule has 3 rings (SSSR count). The van der Waals surface area contributed by atoms with Gasteiger partial charge < -0.3 is 10.0 Å². The molecule has 24 heavy (non-hydrogen) atoms. The lowest BCUT2D eigenvalue weighted by Gasteiger charge is -2.19. The normalized spacial score (nSPS) is 15.4. The van der Waals surface area contributed by atoms with Crippen molar-refractivity contribution in [2.75, 3.05) is 13.6 Å². The second-order valence-electron chi connectivity index (χ2n) is 7.02. The van der Waals surface area contributed by atoms with Crippen LogP contribution < -0.4 is 0 Å². The lowest BCUT2D eigenvalue weighted by atomic mass is 10.1. The largest absolute Gasteiger partial charge is 0.391 e. The summed E-state index contributed by atoms with van der Waals surface area (Å²) in [4.78, 5) is 14.2. The number of aryl methyl sites for hydroxylation is 3. The highest BCUT2D eigenvalue weighted by atomic mass is 16.3. The van der Waals surface area contributed by atoms with Gasteiger partial charge in [-0.1, -0.05) is 6.07 Å². The monoisotopic (exact) mass is 327 g/mol. The highest BCUT2D eigenvalue weighted by molar-refractivity contribution is 5.92. The van der Waals surface area contributed by atoms with Gasteiger partial charge in [-0.25, -0.2) is 4.68 Å². The average Bonchev–Trinajstić information content (AvgIpc) is 3.28. The van der Waals surface area contributed by atoms with Crippen LogP contribution in [0.15, 0.2) is 24.3 Å². The maximum Gasteiger partial charge on any atom is 0.274 e. The summed E-state index contributed by atoms with van der Waals surface area (Å²) in [7, 11) is 1.72. The van der Waals surface area contributed by atoms with Gasteiger partial charge in [-0.15, -0.1) is 0 Å². The van der Waals surface area contributed by atoms with Crippen molar-refractivity contribution in [3.63, 3.8) is 0 Å². The molecule has 1 N–H and O–H groups in total. The Balaban J connectivity index is 1.81. The fraction of sp³-hybridized carbons (Fsp3) is 0.474. The zero-order chi connectivity index (χ0) is 17.4. The molecule has 1 aliphatic carbocycles. The minimum Gasteiger partial charge on any atom is -0.391 e. The third-order valence-corrected chi connectivity index (χ3v) is 4.53. The van der Waals surface area contributed by atoms with Crippen molar-refractivity contribution in [2.24, 2.45) is 5.92 Å². The van der Waals surface area contributed by atoms with Crippen LogP contribution in [0.5, 0.6) is 0 Å². The second kappa shape index (κ2) is 6.40. The molecule has 0 bridgehead atoms. The molecule has 1 aromatic carbocycles. The van der Waals surface area contributed by atoms with E-state index in [0.29, 0.717) is 18.2 Å². The number of amides is 1. The predicted molar refractivity (Wildman–Crippen MR) is 93.5 cm³/mol. The Bertz CT molecular complexity index is 742. The Kier molecular flexibility index (Phi) is 4.45. The first-order valence-corrected chi connectivity index (χ1v) is 8.44. The predicted octanol–water partition coefficient (Wildman–Crippen LogP) is 2.64. The number of hydrogen-bond acceptors (Lipinski definition) is 3. The molecule has 1 heterocycles. The summed E-state index contributed by atoms with van der Waals surface area (Å²) in [5.41, 5.74) is 4.62. The van der Waals surface area contributed by atoms with Gasteiger partial charge in [0.25, 0.3) is 5.91 Å². The van der Waals surface area contributed by atoms with Crippen LogP contribution in [0.2, 0.25) is 0 Å². The molecule has 1 unspecified atom stereocenters. The molecule has 0 spiro atoms. The molecule has 5 heteroatoms. The number of aliphatic hydroxyl groups excluding tert-OH is 1. The minimum atomic E-state index is -0.429. The third-order valence-electron chi connectivity index (χ3n) is 4.53. The summed E-state index contributed by atoms with van der Waals surface area (Å²) in [5, 5.41) is 14.5. The van der Waals surface area contributed by atoms with E-state index in [-0.39, 0.29) is 5.91 Å². The van der Waals surface area contributed by atoms with Crippen LogP contribution in [0.1, 0.15) is 40.2 Å². The van der Waals surface area contributed by atoms with Gasteiger partial charge in [0.15, 0.2) is 5.69 Å². The van der Waals surface area contributed by atoms with Crippen LogP contribution in [-0.2, 0) is 0 Å². The fourth-order valence-corrected chi connectivity index (χ4v) is 3.10. The first-order valence-electron chi connectivity index (χ1n) is 8.44. The van der Waals surface area contributed by atoms with Crippen molar-refractivity contribution in [1.29, 1.82) is 0 Å². The van der Waals surface area contributed by atoms with E-state index in [2.05, 4.69) is 37.1 Å². The lowest BCUT2D eigenvalue weighted by Crippen LogP contribution is -2.35. The van der Waals surface area contributed by atoms with Crippen molar-refractivity contribution in [3.8, 4) is 5.69 Å². The number of carbonyl (C=O) groups excluding carboxylic acids is 1. The summed E-state index contributed by atoms with van der Waals surface area (Å²) >= 11 is 0. The number of aliphatic hydroxyl groups is 1. The summed E-state index contributed by atoms with van der Waals surface area (Å²) in [6.45, 7) is 6.41. The molecule has 1 aromatic heterocycles. The minimum absolute atomic E-state index is 0.152. The van der Waals surface area contributed by atoms with E-state index in [1.807, 2.05) is 6.92 Å². The molecule has 1 atom stereocenters. The van der Waals surface area contributed by atoms with E-state index in [1.165, 1.54) is 0 Å². The Morgan fingerprint density at radius 1 is 1.25 bits per heavy atom. The van der Waals surface area contributed by atoms with Gasteiger partial charge in [-0.05, 0) is 68.9 Å². The Hall–Kier alpha value is -2.14. The molecule has 128 valence electrons. The molecule has 5 nitrogen and oxygen atoms in total. The Morgan fingerprint density at radius 3 is 2.46 bits per heavy atom. The van der Waals surface area contributed by atoms with E-state index >= 15 is 0 Å². The van der Waals surface area contributed by atoms with Crippen molar-refractivity contribution in [3.05, 3.63) is 46.8 Å². The second-order valence-corrected chi connectivity index (χ2v) is 7.02. The van der Waals surface area contributed by atoms with Gasteiger partial charge in [0.1, 0.15) is 0 Å². The third kappa shape index (κ3) is 3.51. The summed E-state index contributed by atoms with van der Waals surface area (Å²) in [6, 6.07) is 8.03. The van der Waals surface area contributed by atoms with Gasteiger partial charge in [-0.2, -0.15) is 5.10 Å². The maximum atomic E-state index is 12.6. The van der Waals surface area contributed by atoms with Gasteiger partial charge in [0.05, 0.1) is 11.8 Å². The van der Waals surface area contributed by atoms with Crippen LogP contribution in [0.3, 0.4) is 0 Å². The molecular weight excluding hydrogens is 302 g/mol. The first kappa shape index (κ1) is 16.7. The molecule has 0 aliphatic heterocycles. The SMILES string of the molecule is Cc1cc(C)cc(-n2nc(C(=O)N(C)CC(O)C3CC3)cc2C)c1. The number of carbonyl (C=O) groups is 1. The van der Waals surface area contributed by atoms with Crippen LogP contribution in [0.4, 0.5) is 0 Å². The number of benzene rings is 1. The highest BCUT2D eigenvalue weighted by Gasteiger charge is 2.31. The summed E-state index contributed by atoms with van der Waals surface area (Å²) in [6.07, 6.45) is 1.69. The number of hydrogen-bond donors (Lipinski definition) is 1. The summed E-state index contributed by atoms with van der Waals surface area (Å²) in [5.74, 6) is 0.204. The molecule has 1 saturated carbocycles. The molecule has 0 saturated heterocycles. The van der Waals surface area contributed by atoms with Gasteiger partial charge in [0, 0.05) is 19.3 Å². The highest BCUT2D eigenvalue weighted by Crippen LogP contribution is 2.32. The van der Waals surface area contributed by atoms with E-state index in [4.69, 9.17) is 0 Å². The molecule has 1 aliphatic rings. The zero-order valence-electron chi connectivity index (χ0n) is 14.8. The number of likely N-dealkylation sites (N-methyl/N-ethyl adjacent to an activating group) is 1. The standard InChI is InChI=1S/C19H25N3O2/c1-12-7-13(2)9-16(8-12)22-14(3)10-17(20-22)19(24)21(4)11-18(23)15-5-6-15/h7-10,15,18,23H,5-6,11H2,1-4H3. The van der Waals surface area contributed by atoms with Crippen molar-refractivity contribution >= 4 is 5.91 Å². The Labute approximate surface area is 142 Å². The Morgan fingerprint density at radius 2 is 1.88 bits per heavy atom. The smallest absolute Gasteiger partial charge is 0.274 e. The lowest BCUT2D eigenvalue weighted by molar-refractivity contribution is 0.0640. The maximum absolute atomic E-state index is 12.6. The van der Waals surface area contributed by atoms with Gasteiger partial charge in [0.2, 0.25) is 0 Å². The van der Waals surface area contributed by atoms with Crippen LogP contribution in [0.25, 0.3) is 5.69 Å². The van der Waals surface area contributed by atoms with E-state index in [0.717, 1.165) is 35.3 Å². The summed E-state index contributed by atoms with van der Waals surface area (Å²) < 4.78 is 1.80. The van der Waals surface area contributed by atoms with Crippen LogP contribution in [-0.4, -0.2) is 45.4 Å². The van der Waals surface area contributed by atoms with Crippen molar-refractivity contribution in [1.82, 2.24) is 14.7 Å². The molecule has 2 aromatic rings. The topological polar surface area (TPSA) is 58.4 Å². The van der Waals surface area contributed by atoms with Crippen LogP contribution in [0, 0.1) is 26.7 Å². The van der Waals surface area contributed by atoms with Crippen molar-refractivity contribution < 1.29 is 9.90 Å². The number of rotatable bonds is 5.